The number of amidine groups is 2. The van der Waals surface area contributed by atoms with E-state index in [-0.39, 0.29) is 6.54 Å². The molecule has 0 aromatic rings. The van der Waals surface area contributed by atoms with Crippen LogP contribution in [0.4, 0.5) is 18.0 Å². The van der Waals surface area contributed by atoms with E-state index >= 15 is 0 Å². The summed E-state index contributed by atoms with van der Waals surface area (Å²) in [6, 6.07) is 0. The van der Waals surface area contributed by atoms with Gasteiger partial charge in [0.05, 0.1) is 13.1 Å². The van der Waals surface area contributed by atoms with E-state index in [0.717, 1.165) is 12.0 Å². The molecule has 0 aromatic carbocycles. The molecule has 1 rings (SSSR count). The molecule has 1 saturated heterocycles. The minimum Gasteiger partial charge on any atom is -0.444 e. The molecule has 0 saturated carbocycles. The normalized spacial score (nSPS) is 20.1. The number of amides is 1. The number of carbonyl (C=O) groups excluding carboxylic acids is 1. The Morgan fingerprint density at radius 3 is 2.27 bits per heavy atom. The highest BCUT2D eigenvalue weighted by Gasteiger charge is 2.46. The average Bonchev–Trinajstić information content (AvgIpc) is 2.33. The second-order valence-corrected chi connectivity index (χ2v) is 5.71. The molecule has 126 valence electrons. The smallest absolute Gasteiger partial charge is 0.444 e. The lowest BCUT2D eigenvalue weighted by Crippen LogP contribution is -2.62. The van der Waals surface area contributed by atoms with Gasteiger partial charge in [-0.1, -0.05) is 0 Å². The van der Waals surface area contributed by atoms with Gasteiger partial charge in [-0.3, -0.25) is 20.6 Å². The number of alkyl halides is 3. The Hall–Kier alpha value is -1.84. The minimum absolute atomic E-state index is 0.244. The van der Waals surface area contributed by atoms with Crippen LogP contribution >= 0.6 is 0 Å². The van der Waals surface area contributed by atoms with E-state index in [4.69, 9.17) is 20.3 Å². The SMILES string of the molecule is COC1CN(C(=O)OC(C)(C)C)CC(=N)N1C(=N)C(F)(F)F. The number of hydrogen-bond donors (Lipinski definition) is 2. The van der Waals surface area contributed by atoms with Crippen LogP contribution in [-0.2, 0) is 9.47 Å². The molecule has 0 radical (unpaired) electrons. The van der Waals surface area contributed by atoms with Crippen LogP contribution in [0.15, 0.2) is 0 Å². The summed E-state index contributed by atoms with van der Waals surface area (Å²) in [6.07, 6.45) is -6.93. The number of nitrogens with one attached hydrogen (secondary N) is 2. The van der Waals surface area contributed by atoms with Crippen LogP contribution in [0.5, 0.6) is 0 Å². The molecule has 1 aliphatic heterocycles. The van der Waals surface area contributed by atoms with Crippen molar-refractivity contribution in [3.63, 3.8) is 0 Å². The zero-order valence-electron chi connectivity index (χ0n) is 12.7. The molecule has 0 aliphatic carbocycles. The summed E-state index contributed by atoms with van der Waals surface area (Å²) in [7, 11) is 1.15. The average molecular weight is 324 g/mol. The molecular weight excluding hydrogens is 305 g/mol. The summed E-state index contributed by atoms with van der Waals surface area (Å²) in [5, 5.41) is 14.9. The maximum absolute atomic E-state index is 12.7. The monoisotopic (exact) mass is 324 g/mol. The molecule has 1 atom stereocenters. The first-order chi connectivity index (χ1) is 9.86. The summed E-state index contributed by atoms with van der Waals surface area (Å²) < 4.78 is 48.0. The topological polar surface area (TPSA) is 89.7 Å². The predicted molar refractivity (Wildman–Crippen MR) is 72.0 cm³/mol. The van der Waals surface area contributed by atoms with E-state index < -0.39 is 42.3 Å². The third kappa shape index (κ3) is 4.33. The molecule has 10 heteroatoms. The number of ether oxygens (including phenoxy) is 2. The van der Waals surface area contributed by atoms with Crippen LogP contribution in [0.3, 0.4) is 0 Å². The number of rotatable bonds is 1. The van der Waals surface area contributed by atoms with Crippen molar-refractivity contribution in [1.29, 1.82) is 10.8 Å². The Labute approximate surface area is 126 Å². The van der Waals surface area contributed by atoms with Crippen molar-refractivity contribution in [1.82, 2.24) is 9.80 Å². The van der Waals surface area contributed by atoms with Crippen LogP contribution in [-0.4, -0.2) is 65.8 Å². The number of nitrogens with zero attached hydrogens (tertiary/aromatic N) is 2. The van der Waals surface area contributed by atoms with E-state index in [9.17, 15) is 18.0 Å². The molecular formula is C12H19F3N4O3. The van der Waals surface area contributed by atoms with Gasteiger partial charge in [0.2, 0.25) is 5.84 Å². The summed E-state index contributed by atoms with van der Waals surface area (Å²) in [5.74, 6) is -2.26. The lowest BCUT2D eigenvalue weighted by Gasteiger charge is -2.41. The maximum atomic E-state index is 12.7. The van der Waals surface area contributed by atoms with Crippen LogP contribution in [0.1, 0.15) is 20.8 Å². The number of carbonyl (C=O) groups is 1. The van der Waals surface area contributed by atoms with Crippen molar-refractivity contribution in [3.8, 4) is 0 Å². The summed E-state index contributed by atoms with van der Waals surface area (Å²) in [4.78, 5) is 13.4. The number of hydrogen-bond acceptors (Lipinski definition) is 5. The number of methoxy groups -OCH3 is 1. The van der Waals surface area contributed by atoms with Crippen LogP contribution in [0.25, 0.3) is 0 Å². The van der Waals surface area contributed by atoms with Crippen molar-refractivity contribution < 1.29 is 27.4 Å². The molecule has 0 spiro atoms. The number of piperazine rings is 1. The van der Waals surface area contributed by atoms with Crippen molar-refractivity contribution in [2.45, 2.75) is 38.8 Å². The quantitative estimate of drug-likeness (QED) is 0.570. The van der Waals surface area contributed by atoms with E-state index in [0.29, 0.717) is 4.90 Å². The Balaban J connectivity index is 2.91. The molecule has 1 unspecified atom stereocenters. The molecule has 1 aliphatic rings. The maximum Gasteiger partial charge on any atom is 0.449 e. The fraction of sp³-hybridized carbons (Fsp3) is 0.750. The molecule has 0 aromatic heterocycles. The second kappa shape index (κ2) is 6.11. The first kappa shape index (κ1) is 18.2. The van der Waals surface area contributed by atoms with E-state index in [1.165, 1.54) is 0 Å². The van der Waals surface area contributed by atoms with Gasteiger partial charge in [0, 0.05) is 7.11 Å². The fourth-order valence-corrected chi connectivity index (χ4v) is 1.83. The zero-order chi connectivity index (χ0) is 17.3. The van der Waals surface area contributed by atoms with E-state index in [1.807, 2.05) is 0 Å². The van der Waals surface area contributed by atoms with Gasteiger partial charge in [0.1, 0.15) is 11.4 Å². The van der Waals surface area contributed by atoms with Gasteiger partial charge in [-0.25, -0.2) is 4.79 Å². The standard InChI is InChI=1S/C12H19F3N4O3/c1-11(2,3)22-10(20)18-5-7(16)19(8(6-18)21-4)9(17)12(13,14)15/h8,16-17H,5-6H2,1-4H3. The third-order valence-electron chi connectivity index (χ3n) is 2.73. The Morgan fingerprint density at radius 2 is 1.86 bits per heavy atom. The lowest BCUT2D eigenvalue weighted by atomic mass is 10.2. The van der Waals surface area contributed by atoms with E-state index in [1.54, 1.807) is 20.8 Å². The Bertz CT molecular complexity index is 473. The fourth-order valence-electron chi connectivity index (χ4n) is 1.83. The van der Waals surface area contributed by atoms with Gasteiger partial charge in [-0.2, -0.15) is 13.2 Å². The van der Waals surface area contributed by atoms with E-state index in [2.05, 4.69) is 0 Å². The first-order valence-corrected chi connectivity index (χ1v) is 6.40. The lowest BCUT2D eigenvalue weighted by molar-refractivity contribution is -0.0823. The van der Waals surface area contributed by atoms with Crippen LogP contribution in [0.2, 0.25) is 0 Å². The molecule has 1 heterocycles. The van der Waals surface area contributed by atoms with Gasteiger partial charge in [-0.05, 0) is 20.8 Å². The van der Waals surface area contributed by atoms with Gasteiger partial charge in [0.25, 0.3) is 0 Å². The van der Waals surface area contributed by atoms with Crippen LogP contribution < -0.4 is 0 Å². The first-order valence-electron chi connectivity index (χ1n) is 6.40. The van der Waals surface area contributed by atoms with Crippen molar-refractivity contribution in [3.05, 3.63) is 0 Å². The van der Waals surface area contributed by atoms with Crippen LogP contribution in [0, 0.1) is 10.8 Å². The van der Waals surface area contributed by atoms with Crippen molar-refractivity contribution >= 4 is 17.8 Å². The van der Waals surface area contributed by atoms with Crippen molar-refractivity contribution in [2.75, 3.05) is 20.2 Å². The summed E-state index contributed by atoms with van der Waals surface area (Å²) >= 11 is 0. The Kier molecular flexibility index (Phi) is 5.06. The third-order valence-corrected chi connectivity index (χ3v) is 2.73. The largest absolute Gasteiger partial charge is 0.449 e. The second-order valence-electron chi connectivity index (χ2n) is 5.71. The summed E-state index contributed by atoms with van der Waals surface area (Å²) in [6.45, 7) is 4.32. The molecule has 0 bridgehead atoms. The zero-order valence-corrected chi connectivity index (χ0v) is 12.7. The summed E-state index contributed by atoms with van der Waals surface area (Å²) in [5.41, 5.74) is -0.766. The molecule has 22 heavy (non-hydrogen) atoms. The van der Waals surface area contributed by atoms with Gasteiger partial charge >= 0.3 is 12.3 Å². The number of halogens is 3. The molecule has 1 fully saturated rings. The molecule has 2 N–H and O–H groups in total. The highest BCUT2D eigenvalue weighted by Crippen LogP contribution is 2.24. The van der Waals surface area contributed by atoms with Gasteiger partial charge < -0.3 is 9.47 Å². The Morgan fingerprint density at radius 1 is 1.32 bits per heavy atom. The molecule has 7 nitrogen and oxygen atoms in total. The van der Waals surface area contributed by atoms with Crippen molar-refractivity contribution in [2.24, 2.45) is 0 Å². The highest BCUT2D eigenvalue weighted by molar-refractivity contribution is 6.02. The minimum atomic E-state index is -4.91. The highest BCUT2D eigenvalue weighted by atomic mass is 19.4. The van der Waals surface area contributed by atoms with Gasteiger partial charge in [0.15, 0.2) is 6.23 Å². The molecule has 1 amide bonds. The van der Waals surface area contributed by atoms with Gasteiger partial charge in [-0.15, -0.1) is 0 Å². The predicted octanol–water partition coefficient (Wildman–Crippen LogP) is 2.03.